The van der Waals surface area contributed by atoms with Crippen LogP contribution in [0.4, 0.5) is 0 Å². The number of carbonyl (C=O) groups excluding carboxylic acids is 1. The molecule has 0 heterocycles. The van der Waals surface area contributed by atoms with E-state index in [1.54, 1.807) is 0 Å². The van der Waals surface area contributed by atoms with Crippen LogP contribution in [0.25, 0.3) is 0 Å². The van der Waals surface area contributed by atoms with Crippen LogP contribution in [-0.2, 0) is 4.79 Å². The zero-order valence-electron chi connectivity index (χ0n) is 11.0. The number of amides is 1. The molecule has 0 aliphatic carbocycles. The highest BCUT2D eigenvalue weighted by molar-refractivity contribution is 5.75. The number of hydrogen-bond acceptors (Lipinski definition) is 1. The summed E-state index contributed by atoms with van der Waals surface area (Å²) >= 11 is 0. The summed E-state index contributed by atoms with van der Waals surface area (Å²) in [5.41, 5.74) is 0. The van der Waals surface area contributed by atoms with E-state index in [2.05, 4.69) is 27.7 Å². The molecule has 2 nitrogen and oxygen atoms in total. The Balaban J connectivity index is 3.60. The summed E-state index contributed by atoms with van der Waals surface area (Å²) in [7, 11) is 1.92. The molecule has 15 heavy (non-hydrogen) atoms. The third kappa shape index (κ3) is 8.46. The van der Waals surface area contributed by atoms with Gasteiger partial charge in [0.05, 0.1) is 0 Å². The Hall–Kier alpha value is -0.530. The Bertz CT molecular complexity index is 175. The van der Waals surface area contributed by atoms with Crippen LogP contribution in [-0.4, -0.2) is 24.4 Å². The van der Waals surface area contributed by atoms with Gasteiger partial charge in [0.15, 0.2) is 0 Å². The van der Waals surface area contributed by atoms with E-state index in [-0.39, 0.29) is 0 Å². The van der Waals surface area contributed by atoms with Crippen molar-refractivity contribution in [1.82, 2.24) is 4.90 Å². The van der Waals surface area contributed by atoms with Crippen molar-refractivity contribution in [2.45, 2.75) is 53.4 Å². The second-order valence-corrected chi connectivity index (χ2v) is 5.28. The van der Waals surface area contributed by atoms with Gasteiger partial charge in [0.2, 0.25) is 5.91 Å². The lowest BCUT2D eigenvalue weighted by molar-refractivity contribution is -0.130. The second kappa shape index (κ2) is 7.72. The van der Waals surface area contributed by atoms with Crippen molar-refractivity contribution < 1.29 is 4.79 Å². The van der Waals surface area contributed by atoms with E-state index in [1.807, 2.05) is 11.9 Å². The molecule has 0 rings (SSSR count). The van der Waals surface area contributed by atoms with Crippen LogP contribution < -0.4 is 0 Å². The van der Waals surface area contributed by atoms with Gasteiger partial charge in [-0.15, -0.1) is 0 Å². The van der Waals surface area contributed by atoms with Crippen LogP contribution in [0.1, 0.15) is 53.4 Å². The Morgan fingerprint density at radius 2 is 1.60 bits per heavy atom. The van der Waals surface area contributed by atoms with Gasteiger partial charge >= 0.3 is 0 Å². The molecule has 0 aliphatic heterocycles. The zero-order chi connectivity index (χ0) is 11.8. The molecule has 90 valence electrons. The quantitative estimate of drug-likeness (QED) is 0.635. The van der Waals surface area contributed by atoms with Crippen LogP contribution in [0, 0.1) is 11.8 Å². The number of rotatable bonds is 7. The molecule has 0 aliphatic rings. The van der Waals surface area contributed by atoms with Crippen molar-refractivity contribution in [2.75, 3.05) is 13.6 Å². The van der Waals surface area contributed by atoms with Crippen molar-refractivity contribution in [3.63, 3.8) is 0 Å². The van der Waals surface area contributed by atoms with Crippen molar-refractivity contribution in [1.29, 1.82) is 0 Å². The highest BCUT2D eigenvalue weighted by Gasteiger charge is 2.09. The minimum atomic E-state index is 0.299. The fraction of sp³-hybridized carbons (Fsp3) is 0.923. The van der Waals surface area contributed by atoms with E-state index in [4.69, 9.17) is 0 Å². The molecule has 0 N–H and O–H groups in total. The molecular formula is C13H27NO. The van der Waals surface area contributed by atoms with Gasteiger partial charge in [-0.05, 0) is 31.1 Å². The van der Waals surface area contributed by atoms with Crippen molar-refractivity contribution in [3.8, 4) is 0 Å². The SMILES string of the molecule is CC(C)CCCN(C)C(=O)CCC(C)C. The maximum absolute atomic E-state index is 11.6. The average molecular weight is 213 g/mol. The molecule has 0 radical (unpaired) electrons. The van der Waals surface area contributed by atoms with Crippen LogP contribution in [0.3, 0.4) is 0 Å². The molecule has 2 heteroatoms. The van der Waals surface area contributed by atoms with Gasteiger partial charge in [0.1, 0.15) is 0 Å². The highest BCUT2D eigenvalue weighted by Crippen LogP contribution is 2.08. The summed E-state index contributed by atoms with van der Waals surface area (Å²) in [4.78, 5) is 13.5. The summed E-state index contributed by atoms with van der Waals surface area (Å²) in [6.07, 6.45) is 4.05. The Labute approximate surface area is 95.0 Å². The van der Waals surface area contributed by atoms with E-state index in [1.165, 1.54) is 6.42 Å². The van der Waals surface area contributed by atoms with Gasteiger partial charge in [0.25, 0.3) is 0 Å². The molecular weight excluding hydrogens is 186 g/mol. The minimum absolute atomic E-state index is 0.299. The van der Waals surface area contributed by atoms with E-state index in [9.17, 15) is 4.79 Å². The Morgan fingerprint density at radius 3 is 2.07 bits per heavy atom. The van der Waals surface area contributed by atoms with Gasteiger partial charge < -0.3 is 4.90 Å². The summed E-state index contributed by atoms with van der Waals surface area (Å²) < 4.78 is 0. The fourth-order valence-electron chi connectivity index (χ4n) is 1.46. The maximum atomic E-state index is 11.6. The molecule has 0 saturated carbocycles. The third-order valence-electron chi connectivity index (χ3n) is 2.64. The Kier molecular flexibility index (Phi) is 7.45. The molecule has 0 aromatic heterocycles. The zero-order valence-corrected chi connectivity index (χ0v) is 11.0. The molecule has 1 amide bonds. The van der Waals surface area contributed by atoms with Gasteiger partial charge in [0, 0.05) is 20.0 Å². The first-order valence-corrected chi connectivity index (χ1v) is 6.17. The lowest BCUT2D eigenvalue weighted by atomic mass is 10.1. The van der Waals surface area contributed by atoms with E-state index in [0.29, 0.717) is 18.2 Å². The topological polar surface area (TPSA) is 20.3 Å². The van der Waals surface area contributed by atoms with Crippen LogP contribution in [0.15, 0.2) is 0 Å². The molecule has 0 fully saturated rings. The maximum Gasteiger partial charge on any atom is 0.222 e. The van der Waals surface area contributed by atoms with E-state index >= 15 is 0 Å². The molecule has 0 atom stereocenters. The summed E-state index contributed by atoms with van der Waals surface area (Å²) in [6.45, 7) is 9.67. The predicted octanol–water partition coefficient (Wildman–Crippen LogP) is 3.32. The van der Waals surface area contributed by atoms with Crippen LogP contribution in [0.5, 0.6) is 0 Å². The molecule has 0 aromatic carbocycles. The standard InChI is InChI=1S/C13H27NO/c1-11(2)7-6-10-14(5)13(15)9-8-12(3)4/h11-12H,6-10H2,1-5H3. The highest BCUT2D eigenvalue weighted by atomic mass is 16.2. The van der Waals surface area contributed by atoms with E-state index in [0.717, 1.165) is 25.3 Å². The predicted molar refractivity (Wildman–Crippen MR) is 65.8 cm³/mol. The molecule has 0 unspecified atom stereocenters. The first-order valence-electron chi connectivity index (χ1n) is 6.17. The molecule has 0 bridgehead atoms. The van der Waals surface area contributed by atoms with Gasteiger partial charge in [-0.2, -0.15) is 0 Å². The normalized spacial score (nSPS) is 11.1. The Morgan fingerprint density at radius 1 is 1.07 bits per heavy atom. The lowest BCUT2D eigenvalue weighted by Crippen LogP contribution is -2.27. The number of nitrogens with zero attached hydrogens (tertiary/aromatic N) is 1. The number of hydrogen-bond donors (Lipinski definition) is 0. The minimum Gasteiger partial charge on any atom is -0.346 e. The van der Waals surface area contributed by atoms with Crippen molar-refractivity contribution >= 4 is 5.91 Å². The summed E-state index contributed by atoms with van der Waals surface area (Å²) in [6, 6.07) is 0. The van der Waals surface area contributed by atoms with Crippen molar-refractivity contribution in [3.05, 3.63) is 0 Å². The fourth-order valence-corrected chi connectivity index (χ4v) is 1.46. The first kappa shape index (κ1) is 14.5. The number of carbonyl (C=O) groups is 1. The summed E-state index contributed by atoms with van der Waals surface area (Å²) in [5, 5.41) is 0. The van der Waals surface area contributed by atoms with Crippen LogP contribution in [0.2, 0.25) is 0 Å². The lowest BCUT2D eigenvalue weighted by Gasteiger charge is -2.18. The largest absolute Gasteiger partial charge is 0.346 e. The van der Waals surface area contributed by atoms with Gasteiger partial charge in [-0.3, -0.25) is 4.79 Å². The third-order valence-corrected chi connectivity index (χ3v) is 2.64. The van der Waals surface area contributed by atoms with Crippen LogP contribution >= 0.6 is 0 Å². The summed E-state index contributed by atoms with van der Waals surface area (Å²) in [5.74, 6) is 1.66. The monoisotopic (exact) mass is 213 g/mol. The first-order chi connectivity index (χ1) is 6.93. The molecule has 0 spiro atoms. The van der Waals surface area contributed by atoms with E-state index < -0.39 is 0 Å². The van der Waals surface area contributed by atoms with Crippen molar-refractivity contribution in [2.24, 2.45) is 11.8 Å². The smallest absolute Gasteiger partial charge is 0.222 e. The molecule has 0 saturated heterocycles. The van der Waals surface area contributed by atoms with Gasteiger partial charge in [-0.25, -0.2) is 0 Å². The van der Waals surface area contributed by atoms with Gasteiger partial charge in [-0.1, -0.05) is 27.7 Å². The second-order valence-electron chi connectivity index (χ2n) is 5.28. The molecule has 0 aromatic rings. The average Bonchev–Trinajstić information content (AvgIpc) is 2.13.